The second-order valence-electron chi connectivity index (χ2n) is 17.7. The molecule has 0 amide bonds. The second-order valence-corrected chi connectivity index (χ2v) is 19.9. The molecule has 6 rings (SSSR count). The molecule has 3 fully saturated rings. The SMILES string of the molecule is CCCCOCCc1cc(B2OC(C)(C)C(C)(C)O2)sc1/C=C/c1ccc(/C=C/c2sc(B3OC(C)(C)C(C)(C)C4C[C@H]34)cc2CCOCCCC)cc1. The molecular weight excluding hydrogens is 706 g/mol. The van der Waals surface area contributed by atoms with Crippen LogP contribution in [0.1, 0.15) is 133 Å². The molecule has 1 aliphatic carbocycles. The number of fused-ring (bicyclic) bond motifs is 1. The lowest BCUT2D eigenvalue weighted by atomic mass is 9.53. The van der Waals surface area contributed by atoms with E-state index in [1.807, 2.05) is 11.3 Å². The largest absolute Gasteiger partial charge is 0.505 e. The van der Waals surface area contributed by atoms with E-state index in [9.17, 15) is 0 Å². The van der Waals surface area contributed by atoms with Gasteiger partial charge in [-0.05, 0) is 125 Å². The highest BCUT2D eigenvalue weighted by atomic mass is 32.1. The predicted octanol–water partition coefficient (Wildman–Crippen LogP) is 10.6. The van der Waals surface area contributed by atoms with Gasteiger partial charge in [-0.25, -0.2) is 0 Å². The van der Waals surface area contributed by atoms with Crippen molar-refractivity contribution in [1.29, 1.82) is 0 Å². The molecule has 2 atom stereocenters. The van der Waals surface area contributed by atoms with Gasteiger partial charge in [0.05, 0.1) is 30.0 Å². The fourth-order valence-electron chi connectivity index (χ4n) is 7.59. The zero-order chi connectivity index (χ0) is 38.7. The molecule has 5 nitrogen and oxygen atoms in total. The van der Waals surface area contributed by atoms with Crippen molar-refractivity contribution in [2.75, 3.05) is 26.4 Å². The van der Waals surface area contributed by atoms with Gasteiger partial charge in [-0.3, -0.25) is 0 Å². The van der Waals surface area contributed by atoms with Gasteiger partial charge >= 0.3 is 14.0 Å². The molecule has 1 saturated carbocycles. The molecule has 0 radical (unpaired) electrons. The van der Waals surface area contributed by atoms with Crippen LogP contribution in [0.5, 0.6) is 0 Å². The predicted molar refractivity (Wildman–Crippen MR) is 234 cm³/mol. The maximum Gasteiger partial charge on any atom is 0.505 e. The van der Waals surface area contributed by atoms with E-state index in [-0.39, 0.29) is 36.3 Å². The molecular formula is C45H64B2O5S2. The summed E-state index contributed by atoms with van der Waals surface area (Å²) < 4.78 is 34.2. The average Bonchev–Trinajstić information content (AvgIpc) is 3.60. The number of ether oxygens (including phenoxy) is 2. The van der Waals surface area contributed by atoms with Crippen molar-refractivity contribution in [2.24, 2.45) is 11.3 Å². The van der Waals surface area contributed by atoms with Gasteiger partial charge in [-0.2, -0.15) is 0 Å². The highest BCUT2D eigenvalue weighted by molar-refractivity contribution is 7.24. The molecule has 2 aliphatic heterocycles. The molecule has 2 aromatic heterocycles. The summed E-state index contributed by atoms with van der Waals surface area (Å²) in [5.74, 6) is 1.35. The van der Waals surface area contributed by atoms with E-state index in [4.69, 9.17) is 23.4 Å². The number of benzene rings is 1. The summed E-state index contributed by atoms with van der Waals surface area (Å²) in [5, 5.41) is 0. The molecule has 3 aromatic rings. The Morgan fingerprint density at radius 1 is 0.648 bits per heavy atom. The van der Waals surface area contributed by atoms with Gasteiger partial charge in [0, 0.05) is 32.5 Å². The fourth-order valence-corrected chi connectivity index (χ4v) is 9.89. The van der Waals surface area contributed by atoms with E-state index >= 15 is 0 Å². The van der Waals surface area contributed by atoms with Gasteiger partial charge in [0.15, 0.2) is 0 Å². The van der Waals surface area contributed by atoms with Gasteiger partial charge < -0.3 is 23.4 Å². The number of hydrogen-bond donors (Lipinski definition) is 0. The summed E-state index contributed by atoms with van der Waals surface area (Å²) in [6.07, 6.45) is 16.6. The van der Waals surface area contributed by atoms with Crippen LogP contribution >= 0.6 is 22.7 Å². The lowest BCUT2D eigenvalue weighted by Crippen LogP contribution is -2.54. The van der Waals surface area contributed by atoms with E-state index in [1.165, 1.54) is 43.2 Å². The van der Waals surface area contributed by atoms with Gasteiger partial charge in [0.1, 0.15) is 0 Å². The minimum Gasteiger partial charge on any atom is -0.424 e. The van der Waals surface area contributed by atoms with Crippen LogP contribution in [0, 0.1) is 11.3 Å². The van der Waals surface area contributed by atoms with Crippen LogP contribution in [-0.4, -0.2) is 57.3 Å². The number of hydrogen-bond acceptors (Lipinski definition) is 7. The van der Waals surface area contributed by atoms with Crippen LogP contribution in [0.3, 0.4) is 0 Å². The Morgan fingerprint density at radius 2 is 1.13 bits per heavy atom. The van der Waals surface area contributed by atoms with Crippen molar-refractivity contribution < 1.29 is 23.4 Å². The van der Waals surface area contributed by atoms with Crippen molar-refractivity contribution in [1.82, 2.24) is 0 Å². The zero-order valence-corrected chi connectivity index (χ0v) is 36.4. The van der Waals surface area contributed by atoms with Crippen molar-refractivity contribution >= 4 is 70.6 Å². The highest BCUT2D eigenvalue weighted by Gasteiger charge is 2.64. The Balaban J connectivity index is 1.16. The van der Waals surface area contributed by atoms with Crippen LogP contribution in [0.4, 0.5) is 0 Å². The third-order valence-corrected chi connectivity index (χ3v) is 15.1. The van der Waals surface area contributed by atoms with Crippen LogP contribution in [-0.2, 0) is 36.3 Å². The Labute approximate surface area is 335 Å². The molecule has 292 valence electrons. The first-order chi connectivity index (χ1) is 25.7. The Morgan fingerprint density at radius 3 is 1.63 bits per heavy atom. The lowest BCUT2D eigenvalue weighted by Gasteiger charge is -2.48. The maximum atomic E-state index is 6.90. The quantitative estimate of drug-likeness (QED) is 0.0952. The van der Waals surface area contributed by atoms with Crippen LogP contribution in [0.25, 0.3) is 24.3 Å². The van der Waals surface area contributed by atoms with E-state index in [0.29, 0.717) is 12.4 Å². The van der Waals surface area contributed by atoms with E-state index in [1.54, 1.807) is 11.3 Å². The molecule has 1 unspecified atom stereocenters. The van der Waals surface area contributed by atoms with E-state index in [0.717, 1.165) is 69.0 Å². The smallest absolute Gasteiger partial charge is 0.424 e. The first-order valence-electron chi connectivity index (χ1n) is 20.6. The molecule has 2 saturated heterocycles. The molecule has 0 spiro atoms. The zero-order valence-electron chi connectivity index (χ0n) is 34.7. The molecule has 4 heterocycles. The van der Waals surface area contributed by atoms with Crippen LogP contribution in [0.2, 0.25) is 5.82 Å². The third kappa shape index (κ3) is 9.41. The molecule has 1 aromatic carbocycles. The van der Waals surface area contributed by atoms with E-state index in [2.05, 4.69) is 130 Å². The van der Waals surface area contributed by atoms with Crippen molar-refractivity contribution in [3.8, 4) is 0 Å². The van der Waals surface area contributed by atoms with Gasteiger partial charge in [-0.15, -0.1) is 22.7 Å². The monoisotopic (exact) mass is 770 g/mol. The van der Waals surface area contributed by atoms with Gasteiger partial charge in [-0.1, -0.05) is 89.4 Å². The summed E-state index contributed by atoms with van der Waals surface area (Å²) in [4.78, 5) is 2.55. The topological polar surface area (TPSA) is 46.2 Å². The van der Waals surface area contributed by atoms with Gasteiger partial charge in [0.25, 0.3) is 0 Å². The first-order valence-corrected chi connectivity index (χ1v) is 22.2. The minimum atomic E-state index is -0.369. The molecule has 0 bridgehead atoms. The number of rotatable bonds is 18. The second kappa shape index (κ2) is 17.3. The molecule has 54 heavy (non-hydrogen) atoms. The lowest BCUT2D eigenvalue weighted by molar-refractivity contribution is -0.0397. The number of unbranched alkanes of at least 4 members (excludes halogenated alkanes) is 2. The first kappa shape index (κ1) is 41.7. The standard InChI is InChI=1S/C45H64B2O5S2/c1-11-13-25-48-27-23-34-29-40(46-37-31-36(37)42(3,4)43(5,6)50-46)53-38(34)21-19-32-15-17-33(18-16-32)20-22-39-35(24-28-49-26-14-12-2)30-41(54-39)47-51-44(7,8)45(9,10)52-47/h15-22,29-30,36-37H,11-14,23-28,31H2,1-10H3/b21-19+,22-20+/t36?,37-/m0/s1. The molecule has 0 N–H and O–H groups in total. The Bertz CT molecular complexity index is 1740. The molecule has 9 heteroatoms. The molecule has 3 aliphatic rings. The van der Waals surface area contributed by atoms with Gasteiger partial charge in [0.2, 0.25) is 0 Å². The normalized spacial score (nSPS) is 22.5. The third-order valence-electron chi connectivity index (χ3n) is 12.7. The summed E-state index contributed by atoms with van der Waals surface area (Å²) in [7, 11) is -0.360. The Kier molecular flexibility index (Phi) is 13.3. The van der Waals surface area contributed by atoms with Crippen LogP contribution < -0.4 is 9.55 Å². The summed E-state index contributed by atoms with van der Waals surface area (Å²) in [5.41, 5.74) is 4.31. The summed E-state index contributed by atoms with van der Waals surface area (Å²) in [6, 6.07) is 13.5. The van der Waals surface area contributed by atoms with E-state index < -0.39 is 0 Å². The highest BCUT2D eigenvalue weighted by Crippen LogP contribution is 2.65. The summed E-state index contributed by atoms with van der Waals surface area (Å²) in [6.45, 7) is 25.5. The van der Waals surface area contributed by atoms with Crippen LogP contribution in [0.15, 0.2) is 36.4 Å². The summed E-state index contributed by atoms with van der Waals surface area (Å²) >= 11 is 3.67. The average molecular weight is 771 g/mol. The Hall–Kier alpha value is -1.97. The van der Waals surface area contributed by atoms with Crippen molar-refractivity contribution in [3.05, 3.63) is 68.4 Å². The van der Waals surface area contributed by atoms with Crippen molar-refractivity contribution in [2.45, 2.75) is 137 Å². The minimum absolute atomic E-state index is 0.155. The fraction of sp³-hybridized carbons (Fsp3) is 0.600. The number of thiophene rings is 2. The maximum absolute atomic E-state index is 6.90. The van der Waals surface area contributed by atoms with Crippen molar-refractivity contribution in [3.63, 3.8) is 0 Å².